The third-order valence-electron chi connectivity index (χ3n) is 4.36. The summed E-state index contributed by atoms with van der Waals surface area (Å²) in [5.74, 6) is 0.186. The molecule has 0 unspecified atom stereocenters. The van der Waals surface area contributed by atoms with E-state index in [-0.39, 0.29) is 18.1 Å². The maximum absolute atomic E-state index is 12.4. The Kier molecular flexibility index (Phi) is 8.06. The van der Waals surface area contributed by atoms with Crippen LogP contribution in [-0.4, -0.2) is 25.5 Å². The molecule has 0 fully saturated rings. The predicted octanol–water partition coefficient (Wildman–Crippen LogP) is 4.91. The highest BCUT2D eigenvalue weighted by molar-refractivity contribution is 6.30. The van der Waals surface area contributed by atoms with E-state index in [9.17, 15) is 14.9 Å². The number of anilines is 2. The van der Waals surface area contributed by atoms with Gasteiger partial charge in [-0.3, -0.25) is 9.59 Å². The summed E-state index contributed by atoms with van der Waals surface area (Å²) >= 11 is 5.90. The van der Waals surface area contributed by atoms with Crippen molar-refractivity contribution in [3.05, 3.63) is 89.0 Å². The molecule has 7 nitrogen and oxygen atoms in total. The molecule has 2 amide bonds. The SMILES string of the molecule is COc1cccc(NC(=O)/C(C#N)=C/c2ccc(OCC(=O)Nc3cccc(Cl)c3)cc2)c1. The number of hydrogen-bond acceptors (Lipinski definition) is 5. The number of amides is 2. The van der Waals surface area contributed by atoms with Gasteiger partial charge in [-0.15, -0.1) is 0 Å². The molecule has 0 saturated carbocycles. The molecule has 0 bridgehead atoms. The molecule has 166 valence electrons. The number of carbonyl (C=O) groups excluding carboxylic acids is 2. The first-order valence-electron chi connectivity index (χ1n) is 9.82. The lowest BCUT2D eigenvalue weighted by molar-refractivity contribution is -0.118. The monoisotopic (exact) mass is 461 g/mol. The highest BCUT2D eigenvalue weighted by Crippen LogP contribution is 2.19. The third-order valence-corrected chi connectivity index (χ3v) is 4.60. The van der Waals surface area contributed by atoms with Crippen molar-refractivity contribution in [1.82, 2.24) is 0 Å². The molecule has 2 N–H and O–H groups in total. The van der Waals surface area contributed by atoms with E-state index >= 15 is 0 Å². The van der Waals surface area contributed by atoms with Gasteiger partial charge in [0.1, 0.15) is 23.1 Å². The van der Waals surface area contributed by atoms with Crippen molar-refractivity contribution >= 4 is 40.9 Å². The Morgan fingerprint density at radius 3 is 2.33 bits per heavy atom. The summed E-state index contributed by atoms with van der Waals surface area (Å²) in [5.41, 5.74) is 1.66. The quantitative estimate of drug-likeness (QED) is 0.366. The summed E-state index contributed by atoms with van der Waals surface area (Å²) in [6, 6.07) is 22.2. The first kappa shape index (κ1) is 23.4. The zero-order valence-corrected chi connectivity index (χ0v) is 18.4. The predicted molar refractivity (Wildman–Crippen MR) is 127 cm³/mol. The molecule has 33 heavy (non-hydrogen) atoms. The minimum atomic E-state index is -0.538. The summed E-state index contributed by atoms with van der Waals surface area (Å²) < 4.78 is 10.6. The van der Waals surface area contributed by atoms with Crippen molar-refractivity contribution in [2.45, 2.75) is 0 Å². The first-order valence-corrected chi connectivity index (χ1v) is 10.2. The van der Waals surface area contributed by atoms with Crippen LogP contribution in [0.1, 0.15) is 5.56 Å². The number of hydrogen-bond donors (Lipinski definition) is 2. The number of halogens is 1. The molecule has 0 saturated heterocycles. The fourth-order valence-corrected chi connectivity index (χ4v) is 2.98. The lowest BCUT2D eigenvalue weighted by atomic mass is 10.1. The van der Waals surface area contributed by atoms with Gasteiger partial charge in [0.15, 0.2) is 6.61 Å². The van der Waals surface area contributed by atoms with Gasteiger partial charge < -0.3 is 20.1 Å². The Morgan fingerprint density at radius 1 is 0.970 bits per heavy atom. The standard InChI is InChI=1S/C25H20ClN3O4/c1-32-23-7-3-6-21(14-23)29-25(31)18(15-27)12-17-8-10-22(11-9-17)33-16-24(30)28-20-5-2-4-19(26)13-20/h2-14H,16H2,1H3,(H,28,30)(H,29,31)/b18-12+. The summed E-state index contributed by atoms with van der Waals surface area (Å²) in [4.78, 5) is 24.5. The van der Waals surface area contributed by atoms with Gasteiger partial charge in [0, 0.05) is 22.5 Å². The van der Waals surface area contributed by atoms with Gasteiger partial charge in [-0.25, -0.2) is 0 Å². The van der Waals surface area contributed by atoms with E-state index in [1.807, 2.05) is 6.07 Å². The van der Waals surface area contributed by atoms with E-state index in [0.717, 1.165) is 0 Å². The Balaban J connectivity index is 1.58. The lowest BCUT2D eigenvalue weighted by Crippen LogP contribution is -2.20. The first-order chi connectivity index (χ1) is 16.0. The van der Waals surface area contributed by atoms with Crippen LogP contribution in [0.5, 0.6) is 11.5 Å². The van der Waals surface area contributed by atoms with Crippen molar-refractivity contribution in [3.63, 3.8) is 0 Å². The lowest BCUT2D eigenvalue weighted by Gasteiger charge is -2.08. The van der Waals surface area contributed by atoms with Crippen LogP contribution >= 0.6 is 11.6 Å². The number of carbonyl (C=O) groups is 2. The molecule has 3 aromatic rings. The number of nitriles is 1. The smallest absolute Gasteiger partial charge is 0.266 e. The molecular formula is C25H20ClN3O4. The van der Waals surface area contributed by atoms with Crippen molar-refractivity contribution in [3.8, 4) is 17.6 Å². The molecule has 0 radical (unpaired) electrons. The highest BCUT2D eigenvalue weighted by atomic mass is 35.5. The fraction of sp³-hybridized carbons (Fsp3) is 0.0800. The number of rotatable bonds is 8. The second-order valence-electron chi connectivity index (χ2n) is 6.77. The average Bonchev–Trinajstić information content (AvgIpc) is 2.82. The number of ether oxygens (including phenoxy) is 2. The van der Waals surface area contributed by atoms with Crippen LogP contribution in [0.25, 0.3) is 6.08 Å². The van der Waals surface area contributed by atoms with Crippen LogP contribution in [-0.2, 0) is 9.59 Å². The number of benzene rings is 3. The minimum Gasteiger partial charge on any atom is -0.497 e. The van der Waals surface area contributed by atoms with Crippen molar-refractivity contribution in [2.24, 2.45) is 0 Å². The largest absolute Gasteiger partial charge is 0.497 e. The zero-order chi connectivity index (χ0) is 23.6. The van der Waals surface area contributed by atoms with E-state index in [0.29, 0.717) is 33.5 Å². The van der Waals surface area contributed by atoms with Gasteiger partial charge in [0.25, 0.3) is 11.8 Å². The molecule has 3 aromatic carbocycles. The molecule has 3 rings (SSSR count). The second-order valence-corrected chi connectivity index (χ2v) is 7.21. The van der Waals surface area contributed by atoms with Crippen LogP contribution < -0.4 is 20.1 Å². The number of nitrogens with zero attached hydrogens (tertiary/aromatic N) is 1. The number of methoxy groups -OCH3 is 1. The van der Waals surface area contributed by atoms with E-state index in [1.54, 1.807) is 72.8 Å². The van der Waals surface area contributed by atoms with Gasteiger partial charge in [-0.1, -0.05) is 35.9 Å². The summed E-state index contributed by atoms with van der Waals surface area (Å²) in [6.07, 6.45) is 1.46. The van der Waals surface area contributed by atoms with Gasteiger partial charge in [-0.2, -0.15) is 5.26 Å². The van der Waals surface area contributed by atoms with Crippen LogP contribution in [0.2, 0.25) is 5.02 Å². The van der Waals surface area contributed by atoms with Gasteiger partial charge >= 0.3 is 0 Å². The molecule has 0 aromatic heterocycles. The van der Waals surface area contributed by atoms with Crippen molar-refractivity contribution in [2.75, 3.05) is 24.4 Å². The van der Waals surface area contributed by atoms with Crippen LogP contribution in [0.4, 0.5) is 11.4 Å². The van der Waals surface area contributed by atoms with Gasteiger partial charge in [-0.05, 0) is 54.1 Å². The molecule has 8 heteroatoms. The topological polar surface area (TPSA) is 100 Å². The van der Waals surface area contributed by atoms with Crippen molar-refractivity contribution in [1.29, 1.82) is 5.26 Å². The van der Waals surface area contributed by atoms with E-state index in [1.165, 1.54) is 13.2 Å². The van der Waals surface area contributed by atoms with Crippen molar-refractivity contribution < 1.29 is 19.1 Å². The second kappa shape index (κ2) is 11.4. The normalized spacial score (nSPS) is 10.6. The molecule has 0 atom stereocenters. The summed E-state index contributed by atoms with van der Waals surface area (Å²) in [5, 5.41) is 15.3. The third kappa shape index (κ3) is 7.13. The fourth-order valence-electron chi connectivity index (χ4n) is 2.79. The summed E-state index contributed by atoms with van der Waals surface area (Å²) in [7, 11) is 1.53. The Labute approximate surface area is 196 Å². The number of nitrogens with one attached hydrogen (secondary N) is 2. The molecule has 0 aliphatic carbocycles. The van der Waals surface area contributed by atoms with Crippen LogP contribution in [0.15, 0.2) is 78.4 Å². The summed E-state index contributed by atoms with van der Waals surface area (Å²) in [6.45, 7) is -0.186. The molecule has 0 aliphatic rings. The molecular weight excluding hydrogens is 442 g/mol. The molecule has 0 aliphatic heterocycles. The highest BCUT2D eigenvalue weighted by Gasteiger charge is 2.10. The minimum absolute atomic E-state index is 0.0626. The maximum atomic E-state index is 12.4. The Morgan fingerprint density at radius 2 is 1.67 bits per heavy atom. The zero-order valence-electron chi connectivity index (χ0n) is 17.7. The van der Waals surface area contributed by atoms with Crippen LogP contribution in [0, 0.1) is 11.3 Å². The molecule has 0 heterocycles. The Bertz CT molecular complexity index is 1220. The average molecular weight is 462 g/mol. The maximum Gasteiger partial charge on any atom is 0.266 e. The van der Waals surface area contributed by atoms with E-state index in [2.05, 4.69) is 10.6 Å². The Hall–Kier alpha value is -4.28. The van der Waals surface area contributed by atoms with E-state index in [4.69, 9.17) is 21.1 Å². The van der Waals surface area contributed by atoms with Gasteiger partial charge in [0.05, 0.1) is 7.11 Å². The van der Waals surface area contributed by atoms with Gasteiger partial charge in [0.2, 0.25) is 0 Å². The van der Waals surface area contributed by atoms with E-state index < -0.39 is 5.91 Å². The molecule has 0 spiro atoms. The van der Waals surface area contributed by atoms with Crippen LogP contribution in [0.3, 0.4) is 0 Å².